The van der Waals surface area contributed by atoms with E-state index in [4.69, 9.17) is 13.9 Å². The molecule has 5 heteroatoms. The third-order valence-corrected chi connectivity index (χ3v) is 15.7. The van der Waals surface area contributed by atoms with Crippen molar-refractivity contribution in [1.82, 2.24) is 0 Å². The zero-order chi connectivity index (χ0) is 35.8. The number of rotatable bonds is 15. The van der Waals surface area contributed by atoms with E-state index >= 15 is 0 Å². The lowest BCUT2D eigenvalue weighted by Crippen LogP contribution is -2.52. The van der Waals surface area contributed by atoms with E-state index in [2.05, 4.69) is 139 Å². The molecule has 0 heterocycles. The third kappa shape index (κ3) is 8.29. The molecule has 0 saturated carbocycles. The lowest BCUT2D eigenvalue weighted by atomic mass is 9.67. The van der Waals surface area contributed by atoms with E-state index in [9.17, 15) is 4.79 Å². The average molecular weight is 689 g/mol. The fourth-order valence-corrected chi connectivity index (χ4v) is 8.32. The molecule has 0 saturated heterocycles. The number of ether oxygens (including phenoxy) is 2. The normalized spacial score (nSPS) is 16.7. The van der Waals surface area contributed by atoms with Crippen LogP contribution in [0.5, 0.6) is 0 Å². The molecule has 0 spiro atoms. The molecular weight excluding hydrogens is 633 g/mol. The van der Waals surface area contributed by atoms with Gasteiger partial charge in [0.25, 0.3) is 0 Å². The summed E-state index contributed by atoms with van der Waals surface area (Å²) in [7, 11) is -2.32. The molecule has 3 atom stereocenters. The zero-order valence-electron chi connectivity index (χ0n) is 31.2. The van der Waals surface area contributed by atoms with E-state index < -0.39 is 19.3 Å². The van der Waals surface area contributed by atoms with Gasteiger partial charge in [0.1, 0.15) is 5.60 Å². The standard InChI is InChI=1S/C45H56O4Si/c1-35(44(5,40-30-20-21-31-41(40)46)34-47-32-36-22-12-8-13-23-36)42(49-50(6,7)43(2,3)4)33-48-45(37-24-14-9-15-25-37,38-26-16-10-17-27-38)39-28-18-11-19-29-39/h8-19,22-30,35,42H,20-21,31-34H2,1-7H3/t35-,42-,44-/m1/s1. The molecule has 4 aromatic carbocycles. The monoisotopic (exact) mass is 688 g/mol. The Hall–Kier alpha value is -3.61. The van der Waals surface area contributed by atoms with Crippen molar-refractivity contribution in [3.63, 3.8) is 0 Å². The van der Waals surface area contributed by atoms with E-state index in [1.165, 1.54) is 0 Å². The number of hydrogen-bond acceptors (Lipinski definition) is 4. The minimum atomic E-state index is -2.32. The highest BCUT2D eigenvalue weighted by Crippen LogP contribution is 2.47. The van der Waals surface area contributed by atoms with Gasteiger partial charge in [0.05, 0.1) is 25.9 Å². The molecule has 4 nitrogen and oxygen atoms in total. The van der Waals surface area contributed by atoms with Gasteiger partial charge in [-0.25, -0.2) is 0 Å². The van der Waals surface area contributed by atoms with Crippen LogP contribution < -0.4 is 0 Å². The van der Waals surface area contributed by atoms with Crippen LogP contribution in [0.1, 0.15) is 76.1 Å². The first-order chi connectivity index (χ1) is 23.9. The van der Waals surface area contributed by atoms with Gasteiger partial charge in [-0.05, 0) is 64.7 Å². The average Bonchev–Trinajstić information content (AvgIpc) is 3.12. The summed E-state index contributed by atoms with van der Waals surface area (Å²) in [5.74, 6) is 0.105. The summed E-state index contributed by atoms with van der Waals surface area (Å²) in [6.45, 7) is 17.1. The Morgan fingerprint density at radius 2 is 1.20 bits per heavy atom. The van der Waals surface area contributed by atoms with E-state index in [-0.39, 0.29) is 22.8 Å². The van der Waals surface area contributed by atoms with Crippen LogP contribution >= 0.6 is 0 Å². The summed E-state index contributed by atoms with van der Waals surface area (Å²) < 4.78 is 21.4. The topological polar surface area (TPSA) is 44.8 Å². The Morgan fingerprint density at radius 3 is 1.66 bits per heavy atom. The Morgan fingerprint density at radius 1 is 0.720 bits per heavy atom. The molecule has 1 aliphatic carbocycles. The van der Waals surface area contributed by atoms with Crippen molar-refractivity contribution in [3.8, 4) is 0 Å². The highest BCUT2D eigenvalue weighted by Gasteiger charge is 2.48. The molecule has 4 aromatic rings. The van der Waals surface area contributed by atoms with Crippen LogP contribution in [0.4, 0.5) is 0 Å². The first kappa shape index (κ1) is 37.6. The summed E-state index contributed by atoms with van der Waals surface area (Å²) in [5, 5.41) is -0.0273. The number of Topliss-reactive ketones (excluding diaryl/α,β-unsaturated/α-hetero) is 1. The zero-order valence-corrected chi connectivity index (χ0v) is 32.2. The maximum Gasteiger partial charge on any atom is 0.192 e. The summed E-state index contributed by atoms with van der Waals surface area (Å²) in [4.78, 5) is 13.7. The van der Waals surface area contributed by atoms with Crippen LogP contribution in [-0.4, -0.2) is 33.4 Å². The van der Waals surface area contributed by atoms with Crippen LogP contribution in [0.15, 0.2) is 133 Å². The van der Waals surface area contributed by atoms with Gasteiger partial charge in [-0.15, -0.1) is 0 Å². The first-order valence-electron chi connectivity index (χ1n) is 18.2. The Labute approximate surface area is 302 Å². The number of allylic oxidation sites excluding steroid dienone is 1. The number of hydrogen-bond donors (Lipinski definition) is 0. The van der Waals surface area contributed by atoms with E-state index in [1.54, 1.807) is 0 Å². The summed E-state index contributed by atoms with van der Waals surface area (Å²) >= 11 is 0. The second kappa shape index (κ2) is 16.2. The van der Waals surface area contributed by atoms with Gasteiger partial charge in [-0.1, -0.05) is 162 Å². The van der Waals surface area contributed by atoms with Crippen molar-refractivity contribution in [2.75, 3.05) is 13.2 Å². The minimum Gasteiger partial charge on any atom is -0.411 e. The molecule has 5 rings (SSSR count). The van der Waals surface area contributed by atoms with Crippen LogP contribution in [-0.2, 0) is 30.9 Å². The predicted octanol–water partition coefficient (Wildman–Crippen LogP) is 10.9. The Balaban J connectivity index is 1.60. The van der Waals surface area contributed by atoms with Crippen molar-refractivity contribution in [3.05, 3.63) is 155 Å². The van der Waals surface area contributed by atoms with Gasteiger partial charge in [-0.2, -0.15) is 0 Å². The van der Waals surface area contributed by atoms with Gasteiger partial charge >= 0.3 is 0 Å². The van der Waals surface area contributed by atoms with E-state index in [1.807, 2.05) is 36.4 Å². The largest absolute Gasteiger partial charge is 0.411 e. The van der Waals surface area contributed by atoms with Gasteiger partial charge in [-0.3, -0.25) is 4.79 Å². The molecule has 0 unspecified atom stereocenters. The number of ketones is 1. The van der Waals surface area contributed by atoms with Crippen molar-refractivity contribution in [2.24, 2.45) is 11.3 Å². The highest BCUT2D eigenvalue weighted by atomic mass is 28.4. The molecule has 0 N–H and O–H groups in total. The predicted molar refractivity (Wildman–Crippen MR) is 208 cm³/mol. The van der Waals surface area contributed by atoms with Crippen LogP contribution in [0, 0.1) is 11.3 Å². The number of carbonyl (C=O) groups is 1. The van der Waals surface area contributed by atoms with Crippen molar-refractivity contribution < 1.29 is 18.7 Å². The molecule has 0 amide bonds. The molecule has 264 valence electrons. The van der Waals surface area contributed by atoms with E-state index in [0.717, 1.165) is 40.7 Å². The van der Waals surface area contributed by atoms with Crippen molar-refractivity contribution in [2.45, 2.75) is 90.3 Å². The summed E-state index contributed by atoms with van der Waals surface area (Å²) in [6, 6.07) is 41.8. The first-order valence-corrected chi connectivity index (χ1v) is 21.1. The van der Waals surface area contributed by atoms with Crippen LogP contribution in [0.3, 0.4) is 0 Å². The second-order valence-electron chi connectivity index (χ2n) is 15.6. The van der Waals surface area contributed by atoms with Crippen LogP contribution in [0.25, 0.3) is 0 Å². The minimum absolute atomic E-state index is 0.0273. The quantitative estimate of drug-likeness (QED) is 0.0921. The fourth-order valence-electron chi connectivity index (χ4n) is 6.94. The van der Waals surface area contributed by atoms with Gasteiger partial charge < -0.3 is 13.9 Å². The highest BCUT2D eigenvalue weighted by molar-refractivity contribution is 6.74. The van der Waals surface area contributed by atoms with Gasteiger partial charge in [0, 0.05) is 11.8 Å². The molecule has 0 radical (unpaired) electrons. The number of carbonyl (C=O) groups excluding carboxylic acids is 1. The Kier molecular flexibility index (Phi) is 12.2. The summed E-state index contributed by atoms with van der Waals surface area (Å²) in [6.07, 6.45) is 4.19. The second-order valence-corrected chi connectivity index (χ2v) is 20.4. The lowest BCUT2D eigenvalue weighted by molar-refractivity contribution is -0.120. The molecule has 0 aliphatic heterocycles. The molecule has 0 bridgehead atoms. The fraction of sp³-hybridized carbons (Fsp3) is 0.400. The number of benzene rings is 4. The SMILES string of the molecule is C[C@H]([C@@H](COC(c1ccccc1)(c1ccccc1)c1ccccc1)O[Si](C)(C)C(C)(C)C)[C@@](C)(COCc1ccccc1)C1=CCCCC1=O. The molecule has 0 fully saturated rings. The van der Waals surface area contributed by atoms with E-state index in [0.29, 0.717) is 26.2 Å². The maximum absolute atomic E-state index is 13.7. The summed E-state index contributed by atoms with van der Waals surface area (Å²) in [5.41, 5.74) is 3.65. The lowest BCUT2D eigenvalue weighted by Gasteiger charge is -2.47. The van der Waals surface area contributed by atoms with Gasteiger partial charge in [0.2, 0.25) is 0 Å². The third-order valence-electron chi connectivity index (χ3n) is 11.2. The maximum atomic E-state index is 13.7. The van der Waals surface area contributed by atoms with Crippen molar-refractivity contribution in [1.29, 1.82) is 0 Å². The van der Waals surface area contributed by atoms with Gasteiger partial charge in [0.15, 0.2) is 14.1 Å². The molecule has 0 aromatic heterocycles. The molecule has 50 heavy (non-hydrogen) atoms. The molecule has 1 aliphatic rings. The van der Waals surface area contributed by atoms with Crippen molar-refractivity contribution >= 4 is 14.1 Å². The Bertz CT molecular complexity index is 1580. The smallest absolute Gasteiger partial charge is 0.192 e. The van der Waals surface area contributed by atoms with Crippen LogP contribution in [0.2, 0.25) is 18.1 Å². The molecular formula is C45H56O4Si.